The molecule has 0 fully saturated rings. The maximum atomic E-state index is 11.5. The molecule has 0 saturated carbocycles. The molecule has 0 saturated heterocycles. The van der Waals surface area contributed by atoms with Crippen molar-refractivity contribution in [3.63, 3.8) is 0 Å². The van der Waals surface area contributed by atoms with E-state index in [1.54, 1.807) is 21.3 Å². The fraction of sp³-hybridized carbons (Fsp3) is 0.923. The minimum Gasteiger partial charge on any atom is -0.468 e. The molecular weight excluding hydrogens is 248 g/mol. The highest BCUT2D eigenvalue weighted by Gasteiger charge is 2.20. The number of hydrogen-bond donors (Lipinski definition) is 1. The monoisotopic (exact) mass is 276 g/mol. The van der Waals surface area contributed by atoms with Gasteiger partial charge >= 0.3 is 5.97 Å². The van der Waals surface area contributed by atoms with E-state index in [0.29, 0.717) is 19.6 Å². The molecule has 0 aliphatic heterocycles. The summed E-state index contributed by atoms with van der Waals surface area (Å²) < 4.78 is 15.0. The lowest BCUT2D eigenvalue weighted by Gasteiger charge is -2.29. The van der Waals surface area contributed by atoms with Gasteiger partial charge in [0.05, 0.1) is 20.3 Å². The van der Waals surface area contributed by atoms with Crippen molar-refractivity contribution in [3.8, 4) is 0 Å². The van der Waals surface area contributed by atoms with Crippen molar-refractivity contribution >= 4 is 5.97 Å². The van der Waals surface area contributed by atoms with E-state index in [2.05, 4.69) is 17.1 Å². The number of carbonyl (C=O) groups is 1. The lowest BCUT2D eigenvalue weighted by molar-refractivity contribution is -0.143. The van der Waals surface area contributed by atoms with Crippen LogP contribution in [0.15, 0.2) is 0 Å². The zero-order valence-electron chi connectivity index (χ0n) is 12.8. The number of nitrogens with one attached hydrogen (secondary N) is 1. The summed E-state index contributed by atoms with van der Waals surface area (Å²) in [5, 5.41) is 2.97. The summed E-state index contributed by atoms with van der Waals surface area (Å²) >= 11 is 0. The normalized spacial score (nSPS) is 14.4. The van der Waals surface area contributed by atoms with Crippen LogP contribution in [-0.2, 0) is 19.0 Å². The molecule has 1 N–H and O–H groups in total. The molecule has 0 amide bonds. The van der Waals surface area contributed by atoms with Gasteiger partial charge in [0.15, 0.2) is 0 Å². The van der Waals surface area contributed by atoms with Gasteiger partial charge in [0.25, 0.3) is 0 Å². The van der Waals surface area contributed by atoms with Gasteiger partial charge in [-0.3, -0.25) is 9.69 Å². The number of methoxy groups -OCH3 is 3. The van der Waals surface area contributed by atoms with E-state index < -0.39 is 0 Å². The maximum absolute atomic E-state index is 11.5. The summed E-state index contributed by atoms with van der Waals surface area (Å²) in [5.41, 5.74) is 0. The van der Waals surface area contributed by atoms with Crippen LogP contribution in [-0.4, -0.2) is 77.6 Å². The topological polar surface area (TPSA) is 60.0 Å². The third-order valence-corrected chi connectivity index (χ3v) is 3.15. The van der Waals surface area contributed by atoms with Crippen molar-refractivity contribution in [2.45, 2.75) is 25.4 Å². The summed E-state index contributed by atoms with van der Waals surface area (Å²) in [6, 6.07) is 0.0140. The Bertz CT molecular complexity index is 239. The predicted molar refractivity (Wildman–Crippen MR) is 74.3 cm³/mol. The van der Waals surface area contributed by atoms with Crippen LogP contribution in [0.3, 0.4) is 0 Å². The highest BCUT2D eigenvalue weighted by molar-refractivity contribution is 5.75. The Morgan fingerprint density at radius 3 is 2.37 bits per heavy atom. The van der Waals surface area contributed by atoms with Crippen molar-refractivity contribution in [2.24, 2.45) is 0 Å². The molecule has 0 aromatic heterocycles. The number of carbonyl (C=O) groups excluding carboxylic acids is 1. The summed E-state index contributed by atoms with van der Waals surface area (Å²) in [6.45, 7) is 5.03. The summed E-state index contributed by atoms with van der Waals surface area (Å²) in [6.07, 6.45) is 0.695. The Morgan fingerprint density at radius 2 is 1.89 bits per heavy atom. The molecule has 0 aromatic rings. The van der Waals surface area contributed by atoms with Gasteiger partial charge in [-0.1, -0.05) is 0 Å². The van der Waals surface area contributed by atoms with Gasteiger partial charge < -0.3 is 19.5 Å². The summed E-state index contributed by atoms with van der Waals surface area (Å²) in [4.78, 5) is 13.8. The van der Waals surface area contributed by atoms with Crippen LogP contribution in [0, 0.1) is 0 Å². The molecule has 6 heteroatoms. The van der Waals surface area contributed by atoms with Gasteiger partial charge in [-0.25, -0.2) is 0 Å². The van der Waals surface area contributed by atoms with Crippen molar-refractivity contribution in [1.82, 2.24) is 10.2 Å². The second kappa shape index (κ2) is 11.2. The van der Waals surface area contributed by atoms with Gasteiger partial charge in [-0.15, -0.1) is 0 Å². The van der Waals surface area contributed by atoms with Crippen LogP contribution in [0.1, 0.15) is 13.3 Å². The summed E-state index contributed by atoms with van der Waals surface area (Å²) in [7, 11) is 6.54. The smallest absolute Gasteiger partial charge is 0.322 e. The fourth-order valence-corrected chi connectivity index (χ4v) is 1.92. The average Bonchev–Trinajstić information content (AvgIpc) is 2.42. The molecular formula is C13H28N2O4. The largest absolute Gasteiger partial charge is 0.468 e. The van der Waals surface area contributed by atoms with Crippen LogP contribution >= 0.6 is 0 Å². The van der Waals surface area contributed by atoms with Crippen LogP contribution in [0.25, 0.3) is 0 Å². The molecule has 0 rings (SSSR count). The lowest BCUT2D eigenvalue weighted by Crippen LogP contribution is -2.43. The third kappa shape index (κ3) is 7.47. The molecule has 0 spiro atoms. The van der Waals surface area contributed by atoms with Crippen LogP contribution in [0.2, 0.25) is 0 Å². The average molecular weight is 276 g/mol. The Balaban J connectivity index is 4.32. The molecule has 2 atom stereocenters. The minimum atomic E-state index is -0.273. The molecule has 0 aliphatic rings. The molecule has 2 unspecified atom stereocenters. The van der Waals surface area contributed by atoms with E-state index in [-0.39, 0.29) is 18.1 Å². The SMILES string of the molecule is CNC(CCN(CCOC)C(C)COC)C(=O)OC. The van der Waals surface area contributed by atoms with Crippen molar-refractivity contribution in [2.75, 3.05) is 54.7 Å². The zero-order chi connectivity index (χ0) is 14.7. The van der Waals surface area contributed by atoms with Gasteiger partial charge in [0.1, 0.15) is 6.04 Å². The number of rotatable bonds is 11. The number of hydrogen-bond acceptors (Lipinski definition) is 6. The molecule has 0 bridgehead atoms. The Hall–Kier alpha value is -0.690. The first kappa shape index (κ1) is 18.3. The first-order valence-electron chi connectivity index (χ1n) is 6.57. The fourth-order valence-electron chi connectivity index (χ4n) is 1.92. The standard InChI is InChI=1S/C13H28N2O4/c1-11(10-18-4)15(8-9-17-3)7-6-12(14-2)13(16)19-5/h11-12,14H,6-10H2,1-5H3. The molecule has 0 aromatic carbocycles. The van der Waals surface area contributed by atoms with Crippen LogP contribution in [0.4, 0.5) is 0 Å². The van der Waals surface area contributed by atoms with E-state index in [1.165, 1.54) is 7.11 Å². The van der Waals surface area contributed by atoms with E-state index in [9.17, 15) is 4.79 Å². The highest BCUT2D eigenvalue weighted by Crippen LogP contribution is 2.04. The molecule has 0 heterocycles. The van der Waals surface area contributed by atoms with Gasteiger partial charge in [-0.05, 0) is 20.4 Å². The highest BCUT2D eigenvalue weighted by atomic mass is 16.5. The number of likely N-dealkylation sites (N-methyl/N-ethyl adjacent to an activating group) is 1. The third-order valence-electron chi connectivity index (χ3n) is 3.15. The zero-order valence-corrected chi connectivity index (χ0v) is 12.8. The van der Waals surface area contributed by atoms with Gasteiger partial charge in [0, 0.05) is 33.4 Å². The molecule has 0 aliphatic carbocycles. The first-order valence-corrected chi connectivity index (χ1v) is 6.57. The number of esters is 1. The molecule has 19 heavy (non-hydrogen) atoms. The van der Waals surface area contributed by atoms with Gasteiger partial charge in [0.2, 0.25) is 0 Å². The Labute approximate surface area is 116 Å². The summed E-state index contributed by atoms with van der Waals surface area (Å²) in [5.74, 6) is -0.228. The quantitative estimate of drug-likeness (QED) is 0.541. The Morgan fingerprint density at radius 1 is 1.21 bits per heavy atom. The molecule has 114 valence electrons. The van der Waals surface area contributed by atoms with Crippen LogP contribution < -0.4 is 5.32 Å². The minimum absolute atomic E-state index is 0.228. The molecule has 0 radical (unpaired) electrons. The number of nitrogens with zero attached hydrogens (tertiary/aromatic N) is 1. The van der Waals surface area contributed by atoms with Crippen LogP contribution in [0.5, 0.6) is 0 Å². The van der Waals surface area contributed by atoms with Crippen molar-refractivity contribution in [1.29, 1.82) is 0 Å². The van der Waals surface area contributed by atoms with Crippen molar-refractivity contribution in [3.05, 3.63) is 0 Å². The van der Waals surface area contributed by atoms with Crippen molar-refractivity contribution < 1.29 is 19.0 Å². The Kier molecular flexibility index (Phi) is 10.8. The maximum Gasteiger partial charge on any atom is 0.322 e. The number of ether oxygens (including phenoxy) is 3. The second-order valence-electron chi connectivity index (χ2n) is 4.49. The van der Waals surface area contributed by atoms with E-state index in [0.717, 1.165) is 13.1 Å². The molecule has 6 nitrogen and oxygen atoms in total. The predicted octanol–water partition coefficient (Wildman–Crippen LogP) is 0.121. The first-order chi connectivity index (χ1) is 9.10. The van der Waals surface area contributed by atoms with E-state index >= 15 is 0 Å². The van der Waals surface area contributed by atoms with E-state index in [1.807, 2.05) is 0 Å². The van der Waals surface area contributed by atoms with E-state index in [4.69, 9.17) is 14.2 Å². The second-order valence-corrected chi connectivity index (χ2v) is 4.49. The lowest BCUT2D eigenvalue weighted by atomic mass is 10.2. The van der Waals surface area contributed by atoms with Gasteiger partial charge in [-0.2, -0.15) is 0 Å².